The normalized spacial score (nSPS) is 18.7. The lowest BCUT2D eigenvalue weighted by Crippen LogP contribution is -2.45. The Kier molecular flexibility index (Phi) is 3.88. The van der Waals surface area contributed by atoms with E-state index in [2.05, 4.69) is 0 Å². The van der Waals surface area contributed by atoms with Crippen LogP contribution in [0, 0.1) is 11.3 Å². The van der Waals surface area contributed by atoms with Gasteiger partial charge < -0.3 is 19.5 Å². The van der Waals surface area contributed by atoms with E-state index in [-0.39, 0.29) is 29.5 Å². The number of hydrogen-bond donors (Lipinski definition) is 1. The summed E-state index contributed by atoms with van der Waals surface area (Å²) in [7, 11) is 1.42. The smallest absolute Gasteiger partial charge is 0.257 e. The molecule has 1 aliphatic heterocycles. The summed E-state index contributed by atoms with van der Waals surface area (Å²) in [5, 5.41) is 18.8. The Morgan fingerprint density at radius 3 is 3.11 bits per heavy atom. The second-order valence-corrected chi connectivity index (χ2v) is 4.10. The van der Waals surface area contributed by atoms with Crippen LogP contribution in [0.1, 0.15) is 10.4 Å². The molecule has 0 bridgehead atoms. The first-order chi connectivity index (χ1) is 9.17. The fourth-order valence-electron chi connectivity index (χ4n) is 1.94. The minimum atomic E-state index is -0.620. The monoisotopic (exact) mass is 262 g/mol. The fraction of sp³-hybridized carbons (Fsp3) is 0.385. The molecule has 0 radical (unpaired) electrons. The number of hydrogen-bond acceptors (Lipinski definition) is 5. The first kappa shape index (κ1) is 13.2. The van der Waals surface area contributed by atoms with Crippen LogP contribution in [0.15, 0.2) is 18.2 Å². The number of rotatable bonds is 2. The molecule has 1 aromatic carbocycles. The van der Waals surface area contributed by atoms with Crippen LogP contribution < -0.4 is 4.74 Å². The van der Waals surface area contributed by atoms with Gasteiger partial charge in [0.1, 0.15) is 0 Å². The van der Waals surface area contributed by atoms with E-state index >= 15 is 0 Å². The number of phenols is 1. The summed E-state index contributed by atoms with van der Waals surface area (Å²) in [5.41, 5.74) is 0.165. The van der Waals surface area contributed by atoms with Gasteiger partial charge in [-0.05, 0) is 12.1 Å². The molecule has 1 amide bonds. The molecule has 1 atom stereocenters. The number of ether oxygens (including phenoxy) is 2. The summed E-state index contributed by atoms with van der Waals surface area (Å²) < 4.78 is 10.1. The van der Waals surface area contributed by atoms with E-state index in [1.54, 1.807) is 12.1 Å². The van der Waals surface area contributed by atoms with Crippen LogP contribution in [0.2, 0.25) is 0 Å². The van der Waals surface area contributed by atoms with E-state index in [1.807, 2.05) is 6.07 Å². The molecule has 1 aromatic rings. The van der Waals surface area contributed by atoms with Gasteiger partial charge in [-0.2, -0.15) is 5.26 Å². The van der Waals surface area contributed by atoms with E-state index in [0.29, 0.717) is 13.2 Å². The molecule has 6 heteroatoms. The molecule has 0 aromatic heterocycles. The van der Waals surface area contributed by atoms with Crippen LogP contribution >= 0.6 is 0 Å². The summed E-state index contributed by atoms with van der Waals surface area (Å²) in [6.07, 6.45) is -0.620. The average molecular weight is 262 g/mol. The molecule has 1 N–H and O–H groups in total. The predicted molar refractivity (Wildman–Crippen MR) is 65.9 cm³/mol. The maximum atomic E-state index is 12.3. The zero-order valence-electron chi connectivity index (χ0n) is 10.5. The molecular formula is C13H14N2O4. The van der Waals surface area contributed by atoms with Gasteiger partial charge >= 0.3 is 0 Å². The number of nitriles is 1. The number of carbonyl (C=O) groups is 1. The summed E-state index contributed by atoms with van der Waals surface area (Å²) in [6.45, 7) is 0.911. The van der Waals surface area contributed by atoms with Gasteiger partial charge in [0.15, 0.2) is 17.6 Å². The molecule has 2 rings (SSSR count). The van der Waals surface area contributed by atoms with Gasteiger partial charge in [-0.15, -0.1) is 0 Å². The first-order valence-electron chi connectivity index (χ1n) is 5.84. The summed E-state index contributed by atoms with van der Waals surface area (Å²) in [4.78, 5) is 13.8. The largest absolute Gasteiger partial charge is 0.504 e. The number of morpholine rings is 1. The number of aromatic hydroxyl groups is 1. The Morgan fingerprint density at radius 2 is 2.42 bits per heavy atom. The predicted octanol–water partition coefficient (Wildman–Crippen LogP) is 0.765. The number of methoxy groups -OCH3 is 1. The second-order valence-electron chi connectivity index (χ2n) is 4.10. The highest BCUT2D eigenvalue weighted by molar-refractivity contribution is 5.97. The third-order valence-electron chi connectivity index (χ3n) is 2.95. The highest BCUT2D eigenvalue weighted by Crippen LogP contribution is 2.30. The van der Waals surface area contributed by atoms with Gasteiger partial charge in [-0.3, -0.25) is 4.79 Å². The maximum absolute atomic E-state index is 12.3. The van der Waals surface area contributed by atoms with Crippen molar-refractivity contribution in [2.45, 2.75) is 6.10 Å². The molecule has 0 saturated carbocycles. The Morgan fingerprint density at radius 1 is 1.63 bits per heavy atom. The number of amides is 1. The average Bonchev–Trinajstić information content (AvgIpc) is 2.47. The zero-order valence-corrected chi connectivity index (χ0v) is 10.5. The third-order valence-corrected chi connectivity index (χ3v) is 2.95. The van der Waals surface area contributed by atoms with Crippen molar-refractivity contribution < 1.29 is 19.4 Å². The van der Waals surface area contributed by atoms with E-state index in [0.717, 1.165) is 0 Å². The third kappa shape index (κ3) is 2.61. The van der Waals surface area contributed by atoms with Crippen LogP contribution in [0.3, 0.4) is 0 Å². The van der Waals surface area contributed by atoms with Gasteiger partial charge in [0.05, 0.1) is 31.9 Å². The summed E-state index contributed by atoms with van der Waals surface area (Å²) >= 11 is 0. The Labute approximate surface area is 110 Å². The van der Waals surface area contributed by atoms with Crippen molar-refractivity contribution in [3.63, 3.8) is 0 Å². The molecular weight excluding hydrogens is 248 g/mol. The van der Waals surface area contributed by atoms with Gasteiger partial charge in [0.2, 0.25) is 0 Å². The van der Waals surface area contributed by atoms with Crippen molar-refractivity contribution in [1.29, 1.82) is 5.26 Å². The van der Waals surface area contributed by atoms with E-state index < -0.39 is 6.10 Å². The Hall–Kier alpha value is -2.26. The lowest BCUT2D eigenvalue weighted by atomic mass is 10.1. The maximum Gasteiger partial charge on any atom is 0.257 e. The molecule has 1 saturated heterocycles. The molecule has 6 nitrogen and oxygen atoms in total. The molecule has 0 aliphatic carbocycles. The number of benzene rings is 1. The molecule has 0 spiro atoms. The molecule has 1 unspecified atom stereocenters. The number of carbonyl (C=O) groups excluding carboxylic acids is 1. The highest BCUT2D eigenvalue weighted by Gasteiger charge is 2.27. The van der Waals surface area contributed by atoms with E-state index in [4.69, 9.17) is 14.7 Å². The zero-order chi connectivity index (χ0) is 13.8. The van der Waals surface area contributed by atoms with Crippen molar-refractivity contribution in [1.82, 2.24) is 4.90 Å². The van der Waals surface area contributed by atoms with Crippen LogP contribution in [-0.2, 0) is 4.74 Å². The van der Waals surface area contributed by atoms with Crippen molar-refractivity contribution in [3.8, 4) is 17.6 Å². The van der Waals surface area contributed by atoms with Crippen molar-refractivity contribution >= 4 is 5.91 Å². The lowest BCUT2D eigenvalue weighted by molar-refractivity contribution is 0.00332. The van der Waals surface area contributed by atoms with Crippen molar-refractivity contribution in [2.24, 2.45) is 0 Å². The minimum absolute atomic E-state index is 0.165. The van der Waals surface area contributed by atoms with Gasteiger partial charge in [-0.1, -0.05) is 6.07 Å². The summed E-state index contributed by atoms with van der Waals surface area (Å²) in [5.74, 6) is -0.272. The fourth-order valence-corrected chi connectivity index (χ4v) is 1.94. The topological polar surface area (TPSA) is 82.8 Å². The van der Waals surface area contributed by atoms with E-state index in [1.165, 1.54) is 18.1 Å². The molecule has 1 fully saturated rings. The molecule has 1 aliphatic rings. The molecule has 100 valence electrons. The van der Waals surface area contributed by atoms with Crippen molar-refractivity contribution in [3.05, 3.63) is 23.8 Å². The quantitative estimate of drug-likeness (QED) is 0.851. The Bertz CT molecular complexity index is 524. The standard InChI is InChI=1S/C13H14N2O4/c1-18-11-4-2-3-10(12(11)16)13(17)15-5-6-19-9(7-14)8-15/h2-4,9,16H,5-6,8H2,1H3. The Balaban J connectivity index is 2.22. The van der Waals surface area contributed by atoms with Crippen LogP contribution in [0.25, 0.3) is 0 Å². The van der Waals surface area contributed by atoms with Gasteiger partial charge in [-0.25, -0.2) is 0 Å². The van der Waals surface area contributed by atoms with Crippen LogP contribution in [0.4, 0.5) is 0 Å². The number of nitrogens with zero attached hydrogens (tertiary/aromatic N) is 2. The molecule has 19 heavy (non-hydrogen) atoms. The first-order valence-corrected chi connectivity index (χ1v) is 5.84. The lowest BCUT2D eigenvalue weighted by Gasteiger charge is -2.30. The van der Waals surface area contributed by atoms with E-state index in [9.17, 15) is 9.90 Å². The summed E-state index contributed by atoms with van der Waals surface area (Å²) in [6, 6.07) is 6.70. The SMILES string of the molecule is COc1cccc(C(=O)N2CCOC(C#N)C2)c1O. The van der Waals surface area contributed by atoms with Crippen LogP contribution in [-0.4, -0.2) is 48.8 Å². The number of para-hydroxylation sites is 1. The minimum Gasteiger partial charge on any atom is -0.504 e. The number of phenolic OH excluding ortho intramolecular Hbond substituents is 1. The molecule has 1 heterocycles. The van der Waals surface area contributed by atoms with Gasteiger partial charge in [0.25, 0.3) is 5.91 Å². The highest BCUT2D eigenvalue weighted by atomic mass is 16.5. The van der Waals surface area contributed by atoms with Crippen LogP contribution in [0.5, 0.6) is 11.5 Å². The van der Waals surface area contributed by atoms with Gasteiger partial charge in [0, 0.05) is 6.54 Å². The van der Waals surface area contributed by atoms with Crippen molar-refractivity contribution in [2.75, 3.05) is 26.8 Å². The second kappa shape index (κ2) is 5.59.